The highest BCUT2D eigenvalue weighted by Gasteiger charge is 2.28. The number of cyclic esters (lactones) is 1. The van der Waals surface area contributed by atoms with Crippen molar-refractivity contribution in [2.45, 2.75) is 12.5 Å². The average molecular weight is 331 g/mol. The molecule has 1 amide bonds. The van der Waals surface area contributed by atoms with Crippen molar-refractivity contribution in [3.63, 3.8) is 0 Å². The molecule has 0 saturated carbocycles. The zero-order valence-electron chi connectivity index (χ0n) is 13.6. The van der Waals surface area contributed by atoms with E-state index < -0.39 is 6.04 Å². The fraction of sp³-hybridized carbons (Fsp3) is 0.143. The van der Waals surface area contributed by atoms with Gasteiger partial charge in [-0.2, -0.15) is 0 Å². The summed E-state index contributed by atoms with van der Waals surface area (Å²) in [5, 5.41) is 5.00. The van der Waals surface area contributed by atoms with Crippen LogP contribution in [0.5, 0.6) is 0 Å². The SMILES string of the molecule is O=C(N[C@H]1CCOC1=O)c1ccccc1-c1cccc2ccccc12. The number of rotatable bonds is 3. The van der Waals surface area contributed by atoms with Gasteiger partial charge < -0.3 is 10.1 Å². The van der Waals surface area contributed by atoms with Crippen molar-refractivity contribution in [2.75, 3.05) is 6.61 Å². The second kappa shape index (κ2) is 6.40. The Morgan fingerprint density at radius 2 is 1.64 bits per heavy atom. The minimum absolute atomic E-state index is 0.257. The van der Waals surface area contributed by atoms with Crippen LogP contribution in [-0.4, -0.2) is 24.5 Å². The Morgan fingerprint density at radius 3 is 2.48 bits per heavy atom. The van der Waals surface area contributed by atoms with E-state index >= 15 is 0 Å². The standard InChI is InChI=1S/C21H17NO3/c23-20(22-19-12-13-25-21(19)24)18-10-4-3-9-17(18)16-11-5-7-14-6-1-2-8-15(14)16/h1-11,19H,12-13H2,(H,22,23)/t19-/m0/s1. The molecule has 1 fully saturated rings. The number of hydrogen-bond acceptors (Lipinski definition) is 3. The number of ether oxygens (including phenoxy) is 1. The van der Waals surface area contributed by atoms with E-state index in [4.69, 9.17) is 4.74 Å². The van der Waals surface area contributed by atoms with Gasteiger partial charge in [0.15, 0.2) is 0 Å². The number of carbonyl (C=O) groups excluding carboxylic acids is 2. The first kappa shape index (κ1) is 15.4. The largest absolute Gasteiger partial charge is 0.464 e. The van der Waals surface area contributed by atoms with Crippen LogP contribution in [0.15, 0.2) is 66.7 Å². The first-order valence-corrected chi connectivity index (χ1v) is 8.29. The highest BCUT2D eigenvalue weighted by Crippen LogP contribution is 2.31. The molecule has 25 heavy (non-hydrogen) atoms. The van der Waals surface area contributed by atoms with E-state index in [1.54, 1.807) is 6.07 Å². The summed E-state index contributed by atoms with van der Waals surface area (Å²) in [5.41, 5.74) is 2.40. The molecule has 1 N–H and O–H groups in total. The first-order valence-electron chi connectivity index (χ1n) is 8.29. The van der Waals surface area contributed by atoms with Crippen molar-refractivity contribution in [1.29, 1.82) is 0 Å². The monoisotopic (exact) mass is 331 g/mol. The predicted octanol–water partition coefficient (Wildman–Crippen LogP) is 3.55. The third kappa shape index (κ3) is 2.87. The molecule has 0 unspecified atom stereocenters. The van der Waals surface area contributed by atoms with Gasteiger partial charge in [0.1, 0.15) is 6.04 Å². The molecule has 0 bridgehead atoms. The van der Waals surface area contributed by atoms with Crippen molar-refractivity contribution < 1.29 is 14.3 Å². The first-order chi connectivity index (χ1) is 12.2. The van der Waals surface area contributed by atoms with E-state index in [9.17, 15) is 9.59 Å². The van der Waals surface area contributed by atoms with Crippen LogP contribution in [-0.2, 0) is 9.53 Å². The quantitative estimate of drug-likeness (QED) is 0.747. The Kier molecular flexibility index (Phi) is 3.94. The Morgan fingerprint density at radius 1 is 0.920 bits per heavy atom. The summed E-state index contributed by atoms with van der Waals surface area (Å²) < 4.78 is 4.92. The highest BCUT2D eigenvalue weighted by atomic mass is 16.5. The lowest BCUT2D eigenvalue weighted by atomic mass is 9.94. The Balaban J connectivity index is 1.76. The number of hydrogen-bond donors (Lipinski definition) is 1. The van der Waals surface area contributed by atoms with Gasteiger partial charge in [0, 0.05) is 12.0 Å². The summed E-state index contributed by atoms with van der Waals surface area (Å²) in [5.74, 6) is -0.622. The van der Waals surface area contributed by atoms with Gasteiger partial charge in [-0.3, -0.25) is 4.79 Å². The molecule has 4 nitrogen and oxygen atoms in total. The molecular weight excluding hydrogens is 314 g/mol. The Bertz CT molecular complexity index is 959. The molecule has 3 aromatic rings. The van der Waals surface area contributed by atoms with Crippen molar-refractivity contribution in [3.05, 3.63) is 72.3 Å². The minimum Gasteiger partial charge on any atom is -0.464 e. The molecule has 1 heterocycles. The third-order valence-electron chi connectivity index (χ3n) is 4.49. The lowest BCUT2D eigenvalue weighted by Gasteiger charge is -2.14. The maximum absolute atomic E-state index is 12.8. The van der Waals surface area contributed by atoms with Gasteiger partial charge in [-0.25, -0.2) is 4.79 Å². The molecule has 1 atom stereocenters. The number of esters is 1. The van der Waals surface area contributed by atoms with Crippen LogP contribution in [0.4, 0.5) is 0 Å². The van der Waals surface area contributed by atoms with Gasteiger partial charge in [0.05, 0.1) is 6.61 Å². The molecule has 4 rings (SSSR count). The van der Waals surface area contributed by atoms with Crippen LogP contribution in [0.1, 0.15) is 16.8 Å². The van der Waals surface area contributed by atoms with Gasteiger partial charge in [-0.15, -0.1) is 0 Å². The van der Waals surface area contributed by atoms with E-state index in [2.05, 4.69) is 17.4 Å². The smallest absolute Gasteiger partial charge is 0.328 e. The van der Waals surface area contributed by atoms with E-state index in [0.717, 1.165) is 21.9 Å². The maximum atomic E-state index is 12.8. The summed E-state index contributed by atoms with van der Waals surface area (Å²) >= 11 is 0. The van der Waals surface area contributed by atoms with Crippen LogP contribution >= 0.6 is 0 Å². The predicted molar refractivity (Wildman–Crippen MR) is 96.2 cm³/mol. The molecule has 1 aliphatic heterocycles. The summed E-state index contributed by atoms with van der Waals surface area (Å²) in [6.07, 6.45) is 0.515. The van der Waals surface area contributed by atoms with E-state index in [-0.39, 0.29) is 11.9 Å². The fourth-order valence-corrected chi connectivity index (χ4v) is 3.24. The number of fused-ring (bicyclic) bond motifs is 1. The topological polar surface area (TPSA) is 55.4 Å². The second-order valence-electron chi connectivity index (χ2n) is 6.05. The number of nitrogens with one attached hydrogen (secondary N) is 1. The third-order valence-corrected chi connectivity index (χ3v) is 4.49. The lowest BCUT2D eigenvalue weighted by molar-refractivity contribution is -0.139. The molecular formula is C21H17NO3. The fourth-order valence-electron chi connectivity index (χ4n) is 3.24. The van der Waals surface area contributed by atoms with E-state index in [0.29, 0.717) is 18.6 Å². The Labute approximate surface area is 145 Å². The normalized spacial score (nSPS) is 16.6. The summed E-state index contributed by atoms with van der Waals surface area (Å²) in [7, 11) is 0. The summed E-state index contributed by atoms with van der Waals surface area (Å²) in [4.78, 5) is 24.4. The van der Waals surface area contributed by atoms with Gasteiger partial charge in [0.25, 0.3) is 5.91 Å². The van der Waals surface area contributed by atoms with Gasteiger partial charge in [0.2, 0.25) is 0 Å². The van der Waals surface area contributed by atoms with Crippen molar-refractivity contribution >= 4 is 22.6 Å². The molecule has 0 spiro atoms. The van der Waals surface area contributed by atoms with Crippen LogP contribution < -0.4 is 5.32 Å². The molecule has 124 valence electrons. The van der Waals surface area contributed by atoms with Gasteiger partial charge >= 0.3 is 5.97 Å². The van der Waals surface area contributed by atoms with Crippen molar-refractivity contribution in [3.8, 4) is 11.1 Å². The lowest BCUT2D eigenvalue weighted by Crippen LogP contribution is -2.38. The van der Waals surface area contributed by atoms with Crippen molar-refractivity contribution in [1.82, 2.24) is 5.32 Å². The zero-order valence-corrected chi connectivity index (χ0v) is 13.6. The Hall–Kier alpha value is -3.14. The van der Waals surface area contributed by atoms with E-state index in [1.807, 2.05) is 48.5 Å². The summed E-state index contributed by atoms with van der Waals surface area (Å²) in [6, 6.07) is 21.0. The molecule has 0 aliphatic carbocycles. The molecule has 3 aromatic carbocycles. The minimum atomic E-state index is -0.562. The van der Waals surface area contributed by atoms with Crippen LogP contribution in [0.2, 0.25) is 0 Å². The highest BCUT2D eigenvalue weighted by molar-refractivity contribution is 6.06. The molecule has 1 aliphatic rings. The van der Waals surface area contributed by atoms with Crippen LogP contribution in [0.3, 0.4) is 0 Å². The van der Waals surface area contributed by atoms with Gasteiger partial charge in [-0.1, -0.05) is 60.7 Å². The second-order valence-corrected chi connectivity index (χ2v) is 6.05. The molecule has 4 heteroatoms. The van der Waals surface area contributed by atoms with Crippen LogP contribution in [0, 0.1) is 0 Å². The molecule has 0 radical (unpaired) electrons. The van der Waals surface area contributed by atoms with Gasteiger partial charge in [-0.05, 0) is 28.0 Å². The van der Waals surface area contributed by atoms with Crippen LogP contribution in [0.25, 0.3) is 21.9 Å². The maximum Gasteiger partial charge on any atom is 0.328 e. The zero-order chi connectivity index (χ0) is 17.2. The van der Waals surface area contributed by atoms with E-state index in [1.165, 1.54) is 0 Å². The molecule has 0 aromatic heterocycles. The average Bonchev–Trinajstić information content (AvgIpc) is 3.06. The number of carbonyl (C=O) groups is 2. The number of benzene rings is 3. The number of amides is 1. The summed E-state index contributed by atoms with van der Waals surface area (Å²) in [6.45, 7) is 0.356. The molecule has 1 saturated heterocycles. The van der Waals surface area contributed by atoms with Crippen molar-refractivity contribution in [2.24, 2.45) is 0 Å².